The molecule has 0 unspecified atom stereocenters. The fraction of sp³-hybridized carbons (Fsp3) is 0.333. The molecule has 5 nitrogen and oxygen atoms in total. The van der Waals surface area contributed by atoms with Crippen molar-refractivity contribution in [1.29, 1.82) is 0 Å². The van der Waals surface area contributed by atoms with Gasteiger partial charge in [-0.15, -0.1) is 0 Å². The number of nitrogens with one attached hydrogen (secondary N) is 2. The molecule has 0 aliphatic carbocycles. The third-order valence-electron chi connectivity index (χ3n) is 5.07. The van der Waals surface area contributed by atoms with Gasteiger partial charge in [-0.3, -0.25) is 9.59 Å². The number of benzene rings is 2. The van der Waals surface area contributed by atoms with E-state index in [9.17, 15) is 14.0 Å². The highest BCUT2D eigenvalue weighted by atomic mass is 19.1. The second kappa shape index (κ2) is 8.31. The molecule has 0 radical (unpaired) electrons. The van der Waals surface area contributed by atoms with E-state index in [1.54, 1.807) is 31.3 Å². The van der Waals surface area contributed by atoms with E-state index >= 15 is 0 Å². The molecule has 27 heavy (non-hydrogen) atoms. The molecule has 142 valence electrons. The van der Waals surface area contributed by atoms with Gasteiger partial charge in [0.1, 0.15) is 5.82 Å². The second-order valence-corrected chi connectivity index (χ2v) is 6.66. The molecule has 0 spiro atoms. The largest absolute Gasteiger partial charge is 0.381 e. The topological polar surface area (TPSA) is 67.4 Å². The lowest BCUT2D eigenvalue weighted by Crippen LogP contribution is -2.47. The van der Waals surface area contributed by atoms with Gasteiger partial charge < -0.3 is 15.4 Å². The molecule has 3 rings (SSSR count). The predicted molar refractivity (Wildman–Crippen MR) is 99.8 cm³/mol. The van der Waals surface area contributed by atoms with Crippen LogP contribution in [0.2, 0.25) is 0 Å². The van der Waals surface area contributed by atoms with Crippen molar-refractivity contribution < 1.29 is 18.7 Å². The van der Waals surface area contributed by atoms with Gasteiger partial charge >= 0.3 is 0 Å². The fourth-order valence-electron chi connectivity index (χ4n) is 3.41. The van der Waals surface area contributed by atoms with Crippen LogP contribution in [-0.4, -0.2) is 32.1 Å². The molecule has 2 N–H and O–H groups in total. The lowest BCUT2D eigenvalue weighted by atomic mass is 9.73. The fourth-order valence-corrected chi connectivity index (χ4v) is 3.41. The first-order chi connectivity index (χ1) is 13.0. The van der Waals surface area contributed by atoms with Crippen LogP contribution in [0.5, 0.6) is 0 Å². The number of carbonyl (C=O) groups excluding carboxylic acids is 2. The number of halogens is 1. The van der Waals surface area contributed by atoms with Gasteiger partial charge in [0.05, 0.1) is 5.41 Å². The first kappa shape index (κ1) is 19.0. The standard InChI is InChI=1S/C21H23FN2O3/c1-23-19(25)16-4-2-15(3-5-16)14-24-20(26)21(10-12-27-13-11-21)17-6-8-18(22)9-7-17/h2-9H,10-14H2,1H3,(H,23,25)(H,24,26). The van der Waals surface area contributed by atoms with Gasteiger partial charge in [0.15, 0.2) is 0 Å². The minimum atomic E-state index is -0.714. The molecule has 0 aromatic heterocycles. The summed E-state index contributed by atoms with van der Waals surface area (Å²) in [6.07, 6.45) is 1.11. The summed E-state index contributed by atoms with van der Waals surface area (Å²) < 4.78 is 18.7. The molecule has 0 atom stereocenters. The van der Waals surface area contributed by atoms with Crippen molar-refractivity contribution in [2.45, 2.75) is 24.8 Å². The van der Waals surface area contributed by atoms with Gasteiger partial charge in [0.2, 0.25) is 5.91 Å². The van der Waals surface area contributed by atoms with E-state index in [0.29, 0.717) is 38.2 Å². The monoisotopic (exact) mass is 370 g/mol. The number of hydrogen-bond donors (Lipinski definition) is 2. The molecule has 1 aliphatic rings. The molecular weight excluding hydrogens is 347 g/mol. The molecule has 0 saturated carbocycles. The van der Waals surface area contributed by atoms with E-state index in [-0.39, 0.29) is 17.6 Å². The van der Waals surface area contributed by atoms with Gasteiger partial charge in [0, 0.05) is 32.4 Å². The van der Waals surface area contributed by atoms with Gasteiger partial charge in [0.25, 0.3) is 5.91 Å². The first-order valence-electron chi connectivity index (χ1n) is 8.98. The minimum absolute atomic E-state index is 0.0900. The average Bonchev–Trinajstić information content (AvgIpc) is 2.72. The van der Waals surface area contributed by atoms with E-state index in [1.165, 1.54) is 12.1 Å². The van der Waals surface area contributed by atoms with Crippen molar-refractivity contribution in [3.05, 3.63) is 71.0 Å². The molecule has 1 saturated heterocycles. The lowest BCUT2D eigenvalue weighted by molar-refractivity contribution is -0.130. The number of rotatable bonds is 5. The Morgan fingerprint density at radius 2 is 1.67 bits per heavy atom. The highest BCUT2D eigenvalue weighted by molar-refractivity contribution is 5.94. The Bertz CT molecular complexity index is 797. The zero-order valence-corrected chi connectivity index (χ0v) is 15.3. The molecule has 2 amide bonds. The maximum atomic E-state index is 13.3. The third-order valence-corrected chi connectivity index (χ3v) is 5.07. The molecule has 0 bridgehead atoms. The Balaban J connectivity index is 1.73. The van der Waals surface area contributed by atoms with Crippen LogP contribution in [-0.2, 0) is 21.5 Å². The molecule has 2 aromatic rings. The van der Waals surface area contributed by atoms with Crippen molar-refractivity contribution in [1.82, 2.24) is 10.6 Å². The second-order valence-electron chi connectivity index (χ2n) is 6.66. The molecule has 1 fully saturated rings. The van der Waals surface area contributed by atoms with Crippen molar-refractivity contribution in [2.75, 3.05) is 20.3 Å². The van der Waals surface area contributed by atoms with Crippen LogP contribution in [0.15, 0.2) is 48.5 Å². The van der Waals surface area contributed by atoms with Crippen LogP contribution in [0.3, 0.4) is 0 Å². The predicted octanol–water partition coefficient (Wildman–Crippen LogP) is 2.55. The summed E-state index contributed by atoms with van der Waals surface area (Å²) in [5.41, 5.74) is 1.56. The van der Waals surface area contributed by atoms with Gasteiger partial charge in [-0.25, -0.2) is 4.39 Å². The highest BCUT2D eigenvalue weighted by Crippen LogP contribution is 2.35. The molecule has 1 aliphatic heterocycles. The van der Waals surface area contributed by atoms with E-state index < -0.39 is 5.41 Å². The van der Waals surface area contributed by atoms with E-state index in [1.807, 2.05) is 12.1 Å². The van der Waals surface area contributed by atoms with Crippen LogP contribution in [0.25, 0.3) is 0 Å². The van der Waals surface area contributed by atoms with Crippen LogP contribution in [0.4, 0.5) is 4.39 Å². The number of ether oxygens (including phenoxy) is 1. The summed E-state index contributed by atoms with van der Waals surface area (Å²) >= 11 is 0. The Hall–Kier alpha value is -2.73. The first-order valence-corrected chi connectivity index (χ1v) is 8.98. The van der Waals surface area contributed by atoms with Gasteiger partial charge in [-0.2, -0.15) is 0 Å². The summed E-state index contributed by atoms with van der Waals surface area (Å²) in [5, 5.41) is 5.57. The summed E-state index contributed by atoms with van der Waals surface area (Å²) in [6.45, 7) is 1.34. The highest BCUT2D eigenvalue weighted by Gasteiger charge is 2.41. The van der Waals surface area contributed by atoms with E-state index in [2.05, 4.69) is 10.6 Å². The Kier molecular flexibility index (Phi) is 5.86. The third kappa shape index (κ3) is 4.17. The van der Waals surface area contributed by atoms with Crippen LogP contribution in [0, 0.1) is 5.82 Å². The van der Waals surface area contributed by atoms with Gasteiger partial charge in [-0.05, 0) is 48.2 Å². The van der Waals surface area contributed by atoms with Crippen LogP contribution < -0.4 is 10.6 Å². The van der Waals surface area contributed by atoms with Crippen molar-refractivity contribution >= 4 is 11.8 Å². The average molecular weight is 370 g/mol. The molecule has 6 heteroatoms. The van der Waals surface area contributed by atoms with Gasteiger partial charge in [-0.1, -0.05) is 24.3 Å². The maximum absolute atomic E-state index is 13.3. The number of hydrogen-bond acceptors (Lipinski definition) is 3. The summed E-state index contributed by atoms with van der Waals surface area (Å²) in [4.78, 5) is 24.7. The van der Waals surface area contributed by atoms with E-state index in [4.69, 9.17) is 4.74 Å². The lowest BCUT2D eigenvalue weighted by Gasteiger charge is -2.36. The van der Waals surface area contributed by atoms with Crippen molar-refractivity contribution in [3.63, 3.8) is 0 Å². The molecule has 2 aromatic carbocycles. The quantitative estimate of drug-likeness (QED) is 0.850. The summed E-state index contributed by atoms with van der Waals surface area (Å²) in [6, 6.07) is 13.2. The summed E-state index contributed by atoms with van der Waals surface area (Å²) in [5.74, 6) is -0.562. The number of amides is 2. The SMILES string of the molecule is CNC(=O)c1ccc(CNC(=O)C2(c3ccc(F)cc3)CCOCC2)cc1. The Labute approximate surface area is 157 Å². The van der Waals surface area contributed by atoms with Crippen LogP contribution >= 0.6 is 0 Å². The van der Waals surface area contributed by atoms with Crippen LogP contribution in [0.1, 0.15) is 34.3 Å². The Morgan fingerprint density at radius 1 is 1.04 bits per heavy atom. The maximum Gasteiger partial charge on any atom is 0.251 e. The Morgan fingerprint density at radius 3 is 2.26 bits per heavy atom. The van der Waals surface area contributed by atoms with Crippen molar-refractivity contribution in [2.24, 2.45) is 0 Å². The normalized spacial score (nSPS) is 15.8. The molecule has 1 heterocycles. The molecular formula is C21H23FN2O3. The summed E-state index contributed by atoms with van der Waals surface area (Å²) in [7, 11) is 1.58. The van der Waals surface area contributed by atoms with E-state index in [0.717, 1.165) is 11.1 Å². The van der Waals surface area contributed by atoms with Crippen molar-refractivity contribution in [3.8, 4) is 0 Å². The number of carbonyl (C=O) groups is 2. The smallest absolute Gasteiger partial charge is 0.251 e. The minimum Gasteiger partial charge on any atom is -0.381 e. The zero-order chi connectivity index (χ0) is 19.3. The zero-order valence-electron chi connectivity index (χ0n) is 15.3.